The number of hydrogen-bond donors (Lipinski definition) is 0. The van der Waals surface area contributed by atoms with Gasteiger partial charge < -0.3 is 0 Å². The molecule has 0 unspecified atom stereocenters. The second-order valence-electron chi connectivity index (χ2n) is 2.85. The molecule has 0 bridgehead atoms. The minimum atomic E-state index is -0.529. The quantitative estimate of drug-likeness (QED) is 0.800. The first-order valence-corrected chi connectivity index (χ1v) is 5.68. The van der Waals surface area contributed by atoms with Gasteiger partial charge in [-0.15, -0.1) is 0 Å². The molecule has 92 valence electrons. The summed E-state index contributed by atoms with van der Waals surface area (Å²) in [5, 5.41) is -1.46. The first kappa shape index (κ1) is 16.1. The predicted molar refractivity (Wildman–Crippen MR) is 67.6 cm³/mol. The van der Waals surface area contributed by atoms with Crippen LogP contribution in [0.3, 0.4) is 0 Å². The van der Waals surface area contributed by atoms with Gasteiger partial charge in [0, 0.05) is 18.4 Å². The van der Waals surface area contributed by atoms with Gasteiger partial charge in [-0.3, -0.25) is 14.4 Å². The van der Waals surface area contributed by atoms with Crippen molar-refractivity contribution in [1.29, 1.82) is 0 Å². The largest absolute Gasteiger partial charge is 0.281 e. The zero-order chi connectivity index (χ0) is 13.3. The van der Waals surface area contributed by atoms with Gasteiger partial charge in [-0.2, -0.15) is 0 Å². The maximum Gasteiger partial charge on any atom is 0.252 e. The maximum absolute atomic E-state index is 10.4. The molecule has 0 N–H and O–H groups in total. The van der Waals surface area contributed by atoms with E-state index >= 15 is 0 Å². The molecular formula is C11H9Cl3O3. The fraction of sp³-hybridized carbons (Fsp3) is 0.182. The van der Waals surface area contributed by atoms with Crippen LogP contribution in [0, 0.1) is 0 Å². The SMILES string of the molecule is O=C(Cl)CCC(=O)Cl.O=C(Cl)c1ccccc1. The van der Waals surface area contributed by atoms with Crippen molar-refractivity contribution in [3.05, 3.63) is 35.9 Å². The van der Waals surface area contributed by atoms with Crippen LogP contribution in [-0.4, -0.2) is 15.7 Å². The number of halogens is 3. The van der Waals surface area contributed by atoms with E-state index in [1.807, 2.05) is 6.07 Å². The normalized spacial score (nSPS) is 8.88. The van der Waals surface area contributed by atoms with Gasteiger partial charge in [0.15, 0.2) is 0 Å². The molecule has 0 saturated carbocycles. The molecule has 0 spiro atoms. The summed E-state index contributed by atoms with van der Waals surface area (Å²) in [6, 6.07) is 8.74. The summed E-state index contributed by atoms with van der Waals surface area (Å²) in [5.41, 5.74) is 0.541. The van der Waals surface area contributed by atoms with Gasteiger partial charge in [-0.25, -0.2) is 0 Å². The molecule has 0 saturated heterocycles. The van der Waals surface area contributed by atoms with Crippen molar-refractivity contribution in [3.63, 3.8) is 0 Å². The lowest BCUT2D eigenvalue weighted by molar-refractivity contribution is -0.116. The third-order valence-electron chi connectivity index (χ3n) is 1.52. The second kappa shape index (κ2) is 9.16. The summed E-state index contributed by atoms with van der Waals surface area (Å²) in [6.45, 7) is 0. The molecule has 0 atom stereocenters. The molecule has 3 nitrogen and oxygen atoms in total. The number of hydrogen-bond acceptors (Lipinski definition) is 3. The molecule has 1 rings (SSSR count). The molecule has 0 aliphatic heterocycles. The first-order valence-electron chi connectivity index (χ1n) is 4.55. The Hall–Kier alpha value is -0.900. The Morgan fingerprint density at radius 2 is 1.24 bits per heavy atom. The van der Waals surface area contributed by atoms with Crippen LogP contribution in [0.5, 0.6) is 0 Å². The Morgan fingerprint density at radius 3 is 1.47 bits per heavy atom. The summed E-state index contributed by atoms with van der Waals surface area (Å²) in [6.07, 6.45) is 0.0633. The van der Waals surface area contributed by atoms with E-state index in [2.05, 4.69) is 0 Å². The highest BCUT2D eigenvalue weighted by Gasteiger charge is 1.99. The van der Waals surface area contributed by atoms with Gasteiger partial charge in [0.05, 0.1) is 0 Å². The number of carbonyl (C=O) groups excluding carboxylic acids is 3. The lowest BCUT2D eigenvalue weighted by Gasteiger charge is -1.87. The molecule has 0 heterocycles. The highest BCUT2D eigenvalue weighted by atomic mass is 35.5. The van der Waals surface area contributed by atoms with Crippen LogP contribution in [-0.2, 0) is 9.59 Å². The smallest absolute Gasteiger partial charge is 0.252 e. The Balaban J connectivity index is 0.000000304. The van der Waals surface area contributed by atoms with Crippen LogP contribution in [0.4, 0.5) is 0 Å². The van der Waals surface area contributed by atoms with Crippen molar-refractivity contribution in [2.75, 3.05) is 0 Å². The average molecular weight is 296 g/mol. The molecule has 6 heteroatoms. The molecule has 17 heavy (non-hydrogen) atoms. The van der Waals surface area contributed by atoms with Gasteiger partial charge in [0.2, 0.25) is 10.5 Å². The zero-order valence-corrected chi connectivity index (χ0v) is 10.9. The van der Waals surface area contributed by atoms with Crippen LogP contribution in [0.25, 0.3) is 0 Å². The Morgan fingerprint density at radius 1 is 0.824 bits per heavy atom. The number of benzene rings is 1. The third-order valence-corrected chi connectivity index (χ3v) is 2.12. The Labute approximate surface area is 114 Å². The lowest BCUT2D eigenvalue weighted by Crippen LogP contribution is -1.90. The van der Waals surface area contributed by atoms with Gasteiger partial charge in [-0.05, 0) is 34.8 Å². The third kappa shape index (κ3) is 10.00. The van der Waals surface area contributed by atoms with Crippen molar-refractivity contribution in [2.45, 2.75) is 12.8 Å². The van der Waals surface area contributed by atoms with E-state index in [-0.39, 0.29) is 12.8 Å². The lowest BCUT2D eigenvalue weighted by atomic mass is 10.2. The van der Waals surface area contributed by atoms with E-state index in [1.54, 1.807) is 24.3 Å². The van der Waals surface area contributed by atoms with Crippen LogP contribution in [0.15, 0.2) is 30.3 Å². The van der Waals surface area contributed by atoms with Crippen LogP contribution < -0.4 is 0 Å². The van der Waals surface area contributed by atoms with Gasteiger partial charge in [0.1, 0.15) is 0 Å². The van der Waals surface area contributed by atoms with Crippen molar-refractivity contribution in [1.82, 2.24) is 0 Å². The van der Waals surface area contributed by atoms with Crippen molar-refractivity contribution in [2.24, 2.45) is 0 Å². The summed E-state index contributed by atoms with van der Waals surface area (Å²) in [7, 11) is 0. The molecule has 0 radical (unpaired) electrons. The minimum absolute atomic E-state index is 0.0316. The maximum atomic E-state index is 10.4. The van der Waals surface area contributed by atoms with Crippen LogP contribution >= 0.6 is 34.8 Å². The highest BCUT2D eigenvalue weighted by molar-refractivity contribution is 6.67. The molecular weight excluding hydrogens is 286 g/mol. The Kier molecular flexibility index (Phi) is 8.68. The topological polar surface area (TPSA) is 51.2 Å². The second-order valence-corrected chi connectivity index (χ2v) is 4.04. The van der Waals surface area contributed by atoms with E-state index in [4.69, 9.17) is 34.8 Å². The van der Waals surface area contributed by atoms with Crippen molar-refractivity contribution in [3.8, 4) is 0 Å². The Bertz CT molecular complexity index is 376. The average Bonchev–Trinajstić information content (AvgIpc) is 2.28. The van der Waals surface area contributed by atoms with Crippen molar-refractivity contribution >= 4 is 50.5 Å². The number of rotatable bonds is 4. The molecule has 0 fully saturated rings. The summed E-state index contributed by atoms with van der Waals surface area (Å²) >= 11 is 14.9. The van der Waals surface area contributed by atoms with Crippen molar-refractivity contribution < 1.29 is 14.4 Å². The molecule has 0 aromatic heterocycles. The summed E-state index contributed by atoms with van der Waals surface area (Å²) < 4.78 is 0. The van der Waals surface area contributed by atoms with E-state index in [9.17, 15) is 14.4 Å². The monoisotopic (exact) mass is 294 g/mol. The predicted octanol–water partition coefficient (Wildman–Crippen LogP) is 3.36. The molecule has 0 aliphatic carbocycles. The highest BCUT2D eigenvalue weighted by Crippen LogP contribution is 2.01. The first-order chi connectivity index (χ1) is 7.93. The fourth-order valence-electron chi connectivity index (χ4n) is 0.766. The van der Waals surface area contributed by atoms with Gasteiger partial charge >= 0.3 is 0 Å². The summed E-state index contributed by atoms with van der Waals surface area (Å²) in [4.78, 5) is 30.2. The standard InChI is InChI=1S/C7H5ClO.C4H4Cl2O2/c8-7(9)6-4-2-1-3-5-6;5-3(7)1-2-4(6)8/h1-5H;1-2H2. The molecule has 1 aromatic carbocycles. The van der Waals surface area contributed by atoms with E-state index in [0.29, 0.717) is 5.56 Å². The zero-order valence-electron chi connectivity index (χ0n) is 8.66. The molecule has 1 aromatic rings. The van der Waals surface area contributed by atoms with Crippen LogP contribution in [0.2, 0.25) is 0 Å². The number of carbonyl (C=O) groups is 3. The van der Waals surface area contributed by atoms with E-state index in [1.165, 1.54) is 0 Å². The summed E-state index contributed by atoms with van der Waals surface area (Å²) in [5.74, 6) is 0. The molecule has 0 amide bonds. The molecule has 0 aliphatic rings. The van der Waals surface area contributed by atoms with E-state index in [0.717, 1.165) is 0 Å². The fourth-order valence-corrected chi connectivity index (χ4v) is 1.08. The van der Waals surface area contributed by atoms with Gasteiger partial charge in [-0.1, -0.05) is 30.3 Å². The van der Waals surface area contributed by atoms with Crippen LogP contribution in [0.1, 0.15) is 23.2 Å². The van der Waals surface area contributed by atoms with E-state index < -0.39 is 15.7 Å². The minimum Gasteiger partial charge on any atom is -0.281 e. The van der Waals surface area contributed by atoms with Gasteiger partial charge in [0.25, 0.3) is 5.24 Å².